The average Bonchev–Trinajstić information content (AvgIpc) is 2.62. The monoisotopic (exact) mass is 378 g/mol. The van der Waals surface area contributed by atoms with Crippen molar-refractivity contribution < 1.29 is 9.47 Å². The Bertz CT molecular complexity index is 735. The first-order chi connectivity index (χ1) is 12.0. The summed E-state index contributed by atoms with van der Waals surface area (Å²) in [6.07, 6.45) is 1.12. The maximum atomic E-state index is 6.18. The molecule has 1 unspecified atom stereocenters. The van der Waals surface area contributed by atoms with Gasteiger partial charge >= 0.3 is 0 Å². The number of halogens is 1. The molecule has 1 atom stereocenters. The Morgan fingerprint density at radius 3 is 2.28 bits per heavy atom. The van der Waals surface area contributed by atoms with E-state index in [1.54, 1.807) is 26.4 Å². The van der Waals surface area contributed by atoms with Crippen molar-refractivity contribution >= 4 is 40.3 Å². The average molecular weight is 379 g/mol. The molecular weight excluding hydrogens is 356 g/mol. The van der Waals surface area contributed by atoms with Gasteiger partial charge in [-0.1, -0.05) is 37.6 Å². The molecule has 0 aliphatic carbocycles. The Morgan fingerprint density at radius 1 is 1.08 bits per heavy atom. The van der Waals surface area contributed by atoms with Crippen LogP contribution in [0.5, 0.6) is 11.5 Å². The van der Waals surface area contributed by atoms with Crippen molar-refractivity contribution in [2.75, 3.05) is 24.9 Å². The summed E-state index contributed by atoms with van der Waals surface area (Å²) in [5, 5.41) is 7.20. The number of benzene rings is 2. The molecule has 134 valence electrons. The van der Waals surface area contributed by atoms with Crippen molar-refractivity contribution in [2.24, 2.45) is 0 Å². The van der Waals surface area contributed by atoms with Crippen LogP contribution >= 0.6 is 23.8 Å². The molecule has 0 saturated carbocycles. The van der Waals surface area contributed by atoms with Crippen molar-refractivity contribution in [2.45, 2.75) is 26.2 Å². The summed E-state index contributed by atoms with van der Waals surface area (Å²) in [6.45, 7) is 4.40. The lowest BCUT2D eigenvalue weighted by atomic mass is 9.99. The molecule has 0 heterocycles. The number of methoxy groups -OCH3 is 2. The molecule has 0 aromatic heterocycles. The lowest BCUT2D eigenvalue weighted by Gasteiger charge is -2.16. The van der Waals surface area contributed by atoms with E-state index in [4.69, 9.17) is 33.3 Å². The van der Waals surface area contributed by atoms with E-state index < -0.39 is 0 Å². The topological polar surface area (TPSA) is 42.5 Å². The number of thiocarbonyl (C=S) groups is 1. The van der Waals surface area contributed by atoms with Gasteiger partial charge in [-0.3, -0.25) is 0 Å². The fraction of sp³-hybridized carbons (Fsp3) is 0.316. The molecule has 0 saturated heterocycles. The molecular formula is C19H23ClN2O2S. The fourth-order valence-electron chi connectivity index (χ4n) is 2.37. The van der Waals surface area contributed by atoms with Gasteiger partial charge in [0.1, 0.15) is 11.5 Å². The second-order valence-electron chi connectivity index (χ2n) is 5.70. The van der Waals surface area contributed by atoms with Crippen LogP contribution in [0.25, 0.3) is 0 Å². The summed E-state index contributed by atoms with van der Waals surface area (Å²) in [7, 11) is 3.14. The molecule has 0 fully saturated rings. The highest BCUT2D eigenvalue weighted by Crippen LogP contribution is 2.36. The third-order valence-corrected chi connectivity index (χ3v) is 4.57. The lowest BCUT2D eigenvalue weighted by molar-refractivity contribution is 0.396. The molecule has 2 N–H and O–H groups in total. The van der Waals surface area contributed by atoms with Crippen LogP contribution in [0, 0.1) is 0 Å². The Hall–Kier alpha value is -1.98. The van der Waals surface area contributed by atoms with Crippen LogP contribution in [0.15, 0.2) is 36.4 Å². The van der Waals surface area contributed by atoms with Gasteiger partial charge in [-0.05, 0) is 48.3 Å². The third-order valence-electron chi connectivity index (χ3n) is 4.07. The second kappa shape index (κ2) is 8.92. The summed E-state index contributed by atoms with van der Waals surface area (Å²) in [6, 6.07) is 11.7. The second-order valence-corrected chi connectivity index (χ2v) is 6.51. The number of anilines is 2. The molecule has 0 spiro atoms. The maximum Gasteiger partial charge on any atom is 0.175 e. The van der Waals surface area contributed by atoms with Crippen LogP contribution in [-0.4, -0.2) is 19.3 Å². The summed E-state index contributed by atoms with van der Waals surface area (Å²) in [4.78, 5) is 0. The first-order valence-electron chi connectivity index (χ1n) is 8.08. The molecule has 25 heavy (non-hydrogen) atoms. The van der Waals surface area contributed by atoms with E-state index in [1.807, 2.05) is 12.1 Å². The predicted octanol–water partition coefficient (Wildman–Crippen LogP) is 5.68. The van der Waals surface area contributed by atoms with Gasteiger partial charge in [-0.15, -0.1) is 0 Å². The van der Waals surface area contributed by atoms with Gasteiger partial charge in [-0.25, -0.2) is 0 Å². The van der Waals surface area contributed by atoms with E-state index >= 15 is 0 Å². The molecule has 4 nitrogen and oxygen atoms in total. The summed E-state index contributed by atoms with van der Waals surface area (Å²) >= 11 is 11.6. The summed E-state index contributed by atoms with van der Waals surface area (Å²) in [5.41, 5.74) is 2.90. The molecule has 0 bridgehead atoms. The Kier molecular flexibility index (Phi) is 6.91. The van der Waals surface area contributed by atoms with Gasteiger partial charge in [0.05, 0.1) is 24.9 Å². The Balaban J connectivity index is 2.08. The highest BCUT2D eigenvalue weighted by molar-refractivity contribution is 7.80. The van der Waals surface area contributed by atoms with E-state index in [0.717, 1.165) is 12.1 Å². The third kappa shape index (κ3) is 5.00. The summed E-state index contributed by atoms with van der Waals surface area (Å²) < 4.78 is 10.6. The van der Waals surface area contributed by atoms with Crippen molar-refractivity contribution in [1.29, 1.82) is 0 Å². The Labute approximate surface area is 159 Å². The van der Waals surface area contributed by atoms with Crippen LogP contribution in [0.1, 0.15) is 31.7 Å². The minimum atomic E-state index is 0.454. The van der Waals surface area contributed by atoms with Crippen molar-refractivity contribution in [3.05, 3.63) is 47.0 Å². The largest absolute Gasteiger partial charge is 0.495 e. The van der Waals surface area contributed by atoms with E-state index in [0.29, 0.717) is 33.2 Å². The van der Waals surface area contributed by atoms with Gasteiger partial charge in [0, 0.05) is 11.8 Å². The minimum absolute atomic E-state index is 0.454. The fourth-order valence-corrected chi connectivity index (χ4v) is 2.84. The predicted molar refractivity (Wildman–Crippen MR) is 110 cm³/mol. The van der Waals surface area contributed by atoms with E-state index in [1.165, 1.54) is 5.56 Å². The SMILES string of the molecule is CCC(C)c1ccc(NC(=S)Nc2cc(Cl)c(OC)cc2OC)cc1. The van der Waals surface area contributed by atoms with Gasteiger partial charge < -0.3 is 20.1 Å². The molecule has 2 rings (SSSR count). The first kappa shape index (κ1) is 19.3. The van der Waals surface area contributed by atoms with Crippen LogP contribution in [0.4, 0.5) is 11.4 Å². The molecule has 0 aliphatic heterocycles. The van der Waals surface area contributed by atoms with E-state index in [-0.39, 0.29) is 0 Å². The first-order valence-corrected chi connectivity index (χ1v) is 8.86. The zero-order chi connectivity index (χ0) is 18.4. The number of ether oxygens (including phenoxy) is 2. The summed E-state index contributed by atoms with van der Waals surface area (Å²) in [5.74, 6) is 1.69. The number of nitrogens with one attached hydrogen (secondary N) is 2. The quantitative estimate of drug-likeness (QED) is 0.633. The highest BCUT2D eigenvalue weighted by atomic mass is 35.5. The molecule has 6 heteroatoms. The van der Waals surface area contributed by atoms with Gasteiger partial charge in [0.2, 0.25) is 0 Å². The zero-order valence-electron chi connectivity index (χ0n) is 14.9. The number of hydrogen-bond donors (Lipinski definition) is 2. The molecule has 0 amide bonds. The van der Waals surface area contributed by atoms with Crippen molar-refractivity contribution in [1.82, 2.24) is 0 Å². The van der Waals surface area contributed by atoms with Gasteiger partial charge in [-0.2, -0.15) is 0 Å². The van der Waals surface area contributed by atoms with Gasteiger partial charge in [0.25, 0.3) is 0 Å². The van der Waals surface area contributed by atoms with Crippen molar-refractivity contribution in [3.63, 3.8) is 0 Å². The Morgan fingerprint density at radius 2 is 1.72 bits per heavy atom. The normalized spacial score (nSPS) is 11.6. The maximum absolute atomic E-state index is 6.18. The van der Waals surface area contributed by atoms with E-state index in [9.17, 15) is 0 Å². The smallest absolute Gasteiger partial charge is 0.175 e. The lowest BCUT2D eigenvalue weighted by Crippen LogP contribution is -2.19. The highest BCUT2D eigenvalue weighted by Gasteiger charge is 2.11. The zero-order valence-corrected chi connectivity index (χ0v) is 16.4. The van der Waals surface area contributed by atoms with Crippen molar-refractivity contribution in [3.8, 4) is 11.5 Å². The van der Waals surface area contributed by atoms with Crippen LogP contribution < -0.4 is 20.1 Å². The van der Waals surface area contributed by atoms with E-state index in [2.05, 4.69) is 36.6 Å². The standard InChI is InChI=1S/C19H23ClN2O2S/c1-5-12(2)13-6-8-14(9-7-13)21-19(25)22-16-10-15(20)17(23-3)11-18(16)24-4/h6-12H,5H2,1-4H3,(H2,21,22,25). The van der Waals surface area contributed by atoms with Crippen LogP contribution in [0.3, 0.4) is 0 Å². The van der Waals surface area contributed by atoms with Crippen LogP contribution in [0.2, 0.25) is 5.02 Å². The minimum Gasteiger partial charge on any atom is -0.495 e. The molecule has 0 aliphatic rings. The van der Waals surface area contributed by atoms with Crippen LogP contribution in [-0.2, 0) is 0 Å². The number of rotatable bonds is 6. The van der Waals surface area contributed by atoms with Gasteiger partial charge in [0.15, 0.2) is 5.11 Å². The number of hydrogen-bond acceptors (Lipinski definition) is 3. The molecule has 0 radical (unpaired) electrons. The molecule has 2 aromatic carbocycles. The molecule has 2 aromatic rings.